The standard InChI is InChI=1S/C9H15ClN6/c1-2-3-4-14-7(11)5-8(12)16-9(13)6(10)15-5/h2-4H2,1H3,(H2,11,14)(H4,12,13,16). The van der Waals surface area contributed by atoms with Gasteiger partial charge in [0.25, 0.3) is 0 Å². The second-order valence-corrected chi connectivity index (χ2v) is 3.61. The topological polar surface area (TPSA) is 116 Å². The molecule has 0 aliphatic rings. The molecule has 1 aromatic rings. The van der Waals surface area contributed by atoms with Crippen molar-refractivity contribution in [1.29, 1.82) is 0 Å². The molecule has 0 aromatic carbocycles. The third-order valence-corrected chi connectivity index (χ3v) is 2.22. The van der Waals surface area contributed by atoms with Crippen molar-refractivity contribution in [1.82, 2.24) is 9.97 Å². The summed E-state index contributed by atoms with van der Waals surface area (Å²) < 4.78 is 0. The molecule has 6 nitrogen and oxygen atoms in total. The quantitative estimate of drug-likeness (QED) is 0.410. The molecule has 88 valence electrons. The van der Waals surface area contributed by atoms with Crippen LogP contribution in [0.25, 0.3) is 0 Å². The molecule has 0 bridgehead atoms. The maximum Gasteiger partial charge on any atom is 0.172 e. The minimum absolute atomic E-state index is 0.0813. The SMILES string of the molecule is CCCCN=C(N)c1nc(Cl)c(N)nc1N. The van der Waals surface area contributed by atoms with Crippen LogP contribution < -0.4 is 17.2 Å². The predicted octanol–water partition coefficient (Wildman–Crippen LogP) is 0.800. The summed E-state index contributed by atoms with van der Waals surface area (Å²) in [6, 6.07) is 0. The van der Waals surface area contributed by atoms with Gasteiger partial charge in [-0.3, -0.25) is 4.99 Å². The second kappa shape index (κ2) is 5.50. The molecule has 16 heavy (non-hydrogen) atoms. The summed E-state index contributed by atoms with van der Waals surface area (Å²) in [6.45, 7) is 2.70. The Bertz CT molecular complexity index is 403. The van der Waals surface area contributed by atoms with Gasteiger partial charge in [0.15, 0.2) is 16.8 Å². The van der Waals surface area contributed by atoms with Gasteiger partial charge in [-0.15, -0.1) is 0 Å². The zero-order valence-electron chi connectivity index (χ0n) is 9.07. The van der Waals surface area contributed by atoms with Crippen LogP contribution in [0.3, 0.4) is 0 Å². The number of rotatable bonds is 4. The van der Waals surface area contributed by atoms with Crippen molar-refractivity contribution in [3.8, 4) is 0 Å². The first-order chi connectivity index (χ1) is 7.56. The fraction of sp³-hybridized carbons (Fsp3) is 0.444. The number of nitrogen functional groups attached to an aromatic ring is 2. The van der Waals surface area contributed by atoms with E-state index in [1.165, 1.54) is 0 Å². The van der Waals surface area contributed by atoms with Crippen LogP contribution in [0.15, 0.2) is 4.99 Å². The van der Waals surface area contributed by atoms with E-state index in [0.717, 1.165) is 12.8 Å². The number of unbranched alkanes of at least 4 members (excludes halogenated alkanes) is 1. The van der Waals surface area contributed by atoms with E-state index in [9.17, 15) is 0 Å². The van der Waals surface area contributed by atoms with Gasteiger partial charge in [-0.1, -0.05) is 24.9 Å². The zero-order valence-corrected chi connectivity index (χ0v) is 9.83. The number of hydrogen-bond donors (Lipinski definition) is 3. The highest BCUT2D eigenvalue weighted by atomic mass is 35.5. The average Bonchev–Trinajstić information content (AvgIpc) is 2.23. The molecular formula is C9H15ClN6. The summed E-state index contributed by atoms with van der Waals surface area (Å²) in [5.74, 6) is 0.462. The van der Waals surface area contributed by atoms with Gasteiger partial charge in [0.1, 0.15) is 11.5 Å². The van der Waals surface area contributed by atoms with Gasteiger partial charge in [0, 0.05) is 6.54 Å². The van der Waals surface area contributed by atoms with Gasteiger partial charge in [0.05, 0.1) is 0 Å². The fourth-order valence-electron chi connectivity index (χ4n) is 1.06. The summed E-state index contributed by atoms with van der Waals surface area (Å²) in [6.07, 6.45) is 2.00. The Kier molecular flexibility index (Phi) is 4.30. The molecular weight excluding hydrogens is 228 g/mol. The molecule has 0 unspecified atom stereocenters. The monoisotopic (exact) mass is 242 g/mol. The lowest BCUT2D eigenvalue weighted by Gasteiger charge is -2.05. The largest absolute Gasteiger partial charge is 0.382 e. The van der Waals surface area contributed by atoms with Gasteiger partial charge >= 0.3 is 0 Å². The number of anilines is 2. The minimum Gasteiger partial charge on any atom is -0.382 e. The smallest absolute Gasteiger partial charge is 0.172 e. The summed E-state index contributed by atoms with van der Waals surface area (Å²) in [5.41, 5.74) is 17.1. The number of hydrogen-bond acceptors (Lipinski definition) is 5. The minimum atomic E-state index is 0.0813. The van der Waals surface area contributed by atoms with Crippen molar-refractivity contribution in [3.05, 3.63) is 10.8 Å². The molecule has 0 aliphatic heterocycles. The maximum absolute atomic E-state index is 5.73. The van der Waals surface area contributed by atoms with E-state index in [-0.39, 0.29) is 28.3 Å². The summed E-state index contributed by atoms with van der Waals surface area (Å²) in [7, 11) is 0. The number of aromatic nitrogens is 2. The van der Waals surface area contributed by atoms with Crippen LogP contribution >= 0.6 is 11.6 Å². The molecule has 6 N–H and O–H groups in total. The van der Waals surface area contributed by atoms with E-state index < -0.39 is 0 Å². The van der Waals surface area contributed by atoms with E-state index >= 15 is 0 Å². The van der Waals surface area contributed by atoms with Crippen LogP contribution in [-0.2, 0) is 0 Å². The van der Waals surface area contributed by atoms with Crippen molar-refractivity contribution in [2.45, 2.75) is 19.8 Å². The molecule has 7 heteroatoms. The molecule has 0 amide bonds. The van der Waals surface area contributed by atoms with E-state index in [4.69, 9.17) is 28.8 Å². The highest BCUT2D eigenvalue weighted by Gasteiger charge is 2.10. The third kappa shape index (κ3) is 2.96. The second-order valence-electron chi connectivity index (χ2n) is 3.25. The third-order valence-electron chi connectivity index (χ3n) is 1.94. The van der Waals surface area contributed by atoms with Crippen LogP contribution in [0.1, 0.15) is 25.5 Å². The van der Waals surface area contributed by atoms with Gasteiger partial charge < -0.3 is 17.2 Å². The number of nitrogens with two attached hydrogens (primary N) is 3. The number of nitrogens with zero attached hydrogens (tertiary/aromatic N) is 3. The van der Waals surface area contributed by atoms with Crippen molar-refractivity contribution in [2.24, 2.45) is 10.7 Å². The molecule has 0 spiro atoms. The first-order valence-corrected chi connectivity index (χ1v) is 5.32. The molecule has 0 atom stereocenters. The van der Waals surface area contributed by atoms with E-state index in [0.29, 0.717) is 6.54 Å². The van der Waals surface area contributed by atoms with E-state index in [1.54, 1.807) is 0 Å². The van der Waals surface area contributed by atoms with Gasteiger partial charge in [-0.2, -0.15) is 0 Å². The summed E-state index contributed by atoms with van der Waals surface area (Å²) in [5, 5.41) is 0.0813. The normalized spacial score (nSPS) is 11.8. The van der Waals surface area contributed by atoms with Crippen LogP contribution in [0.5, 0.6) is 0 Å². The lowest BCUT2D eigenvalue weighted by Crippen LogP contribution is -2.19. The fourth-order valence-corrected chi connectivity index (χ4v) is 1.19. The lowest BCUT2D eigenvalue weighted by molar-refractivity contribution is 0.807. The van der Waals surface area contributed by atoms with Gasteiger partial charge in [-0.05, 0) is 6.42 Å². The Morgan fingerprint density at radius 1 is 1.31 bits per heavy atom. The zero-order chi connectivity index (χ0) is 12.1. The molecule has 1 heterocycles. The van der Waals surface area contributed by atoms with Crippen LogP contribution in [0.4, 0.5) is 11.6 Å². The number of amidine groups is 1. The Morgan fingerprint density at radius 2 is 2.00 bits per heavy atom. The molecule has 1 rings (SSSR count). The van der Waals surface area contributed by atoms with Crippen LogP contribution in [-0.4, -0.2) is 22.3 Å². The van der Waals surface area contributed by atoms with Crippen molar-refractivity contribution < 1.29 is 0 Å². The number of halogens is 1. The van der Waals surface area contributed by atoms with E-state index in [2.05, 4.69) is 21.9 Å². The number of aliphatic imine (C=N–C) groups is 1. The summed E-state index contributed by atoms with van der Waals surface area (Å²) in [4.78, 5) is 11.9. The lowest BCUT2D eigenvalue weighted by atomic mass is 10.3. The Balaban J connectivity index is 2.95. The average molecular weight is 243 g/mol. The Labute approximate surface area is 98.9 Å². The Hall–Kier alpha value is -1.56. The van der Waals surface area contributed by atoms with Crippen LogP contribution in [0.2, 0.25) is 5.15 Å². The van der Waals surface area contributed by atoms with Crippen molar-refractivity contribution in [2.75, 3.05) is 18.0 Å². The molecule has 0 saturated carbocycles. The van der Waals surface area contributed by atoms with Crippen molar-refractivity contribution in [3.63, 3.8) is 0 Å². The highest BCUT2D eigenvalue weighted by molar-refractivity contribution is 6.31. The van der Waals surface area contributed by atoms with Gasteiger partial charge in [0.2, 0.25) is 0 Å². The van der Waals surface area contributed by atoms with E-state index in [1.807, 2.05) is 0 Å². The predicted molar refractivity (Wildman–Crippen MR) is 66.4 cm³/mol. The van der Waals surface area contributed by atoms with Crippen molar-refractivity contribution >= 4 is 29.1 Å². The molecule has 1 aromatic heterocycles. The molecule has 0 fully saturated rings. The summed E-state index contributed by atoms with van der Waals surface area (Å²) >= 11 is 5.73. The van der Waals surface area contributed by atoms with Gasteiger partial charge in [-0.25, -0.2) is 9.97 Å². The molecule has 0 aliphatic carbocycles. The Morgan fingerprint density at radius 3 is 2.62 bits per heavy atom. The first kappa shape index (κ1) is 12.5. The first-order valence-electron chi connectivity index (χ1n) is 4.95. The highest BCUT2D eigenvalue weighted by Crippen LogP contribution is 2.16. The maximum atomic E-state index is 5.73. The molecule has 0 saturated heterocycles. The van der Waals surface area contributed by atoms with Crippen LogP contribution in [0, 0.1) is 0 Å². The molecule has 0 radical (unpaired) electrons.